The smallest absolute Gasteiger partial charge is 0.252 e. The predicted molar refractivity (Wildman–Crippen MR) is 480 cm³/mol. The first-order valence-corrected chi connectivity index (χ1v) is 39.8. The molecule has 13 aromatic rings. The number of allylic oxidation sites excluding steroid dienone is 1. The largest absolute Gasteiger partial charge is 0.396 e. The van der Waals surface area contributed by atoms with E-state index >= 15 is 0 Å². The summed E-state index contributed by atoms with van der Waals surface area (Å²) in [7, 11) is 3.21. The van der Waals surface area contributed by atoms with Crippen LogP contribution in [0.5, 0.6) is 0 Å². The number of nitrogens with zero attached hydrogens (tertiary/aromatic N) is 19. The number of Topliss-reactive ketones (excluding diaryl/α,β-unsaturated/α-hetero) is 1. The quantitative estimate of drug-likeness (QED) is 0.0245. The van der Waals surface area contributed by atoms with Crippen LogP contribution in [0.4, 0.5) is 23.3 Å². The van der Waals surface area contributed by atoms with E-state index in [1.165, 1.54) is 37.1 Å². The molecule has 31 heteroatoms. The number of fused-ring (bicyclic) bond motifs is 4. The van der Waals surface area contributed by atoms with Gasteiger partial charge >= 0.3 is 0 Å². The zero-order valence-corrected chi connectivity index (χ0v) is 69.6. The highest BCUT2D eigenvalue weighted by molar-refractivity contribution is 6.30. The normalized spacial score (nSPS) is 12.8. The number of aliphatic hydroxyl groups is 3. The number of likely N-dealkylation sites (tertiary alicyclic amines) is 2. The van der Waals surface area contributed by atoms with E-state index in [1.807, 2.05) is 167 Å². The van der Waals surface area contributed by atoms with Crippen LogP contribution in [0.25, 0.3) is 138 Å². The number of hydrogen-bond donors (Lipinski definition) is 7. The van der Waals surface area contributed by atoms with Gasteiger partial charge < -0.3 is 76.0 Å². The fraction of sp³-hybridized carbons (Fsp3) is 0.239. The van der Waals surface area contributed by atoms with Crippen LogP contribution >= 0.6 is 11.6 Å². The minimum Gasteiger partial charge on any atom is -0.396 e. The third-order valence-electron chi connectivity index (χ3n) is 20.8. The number of amides is 3. The molecule has 2 fully saturated rings. The summed E-state index contributed by atoms with van der Waals surface area (Å²) in [5.74, 6) is 0.597. The van der Waals surface area contributed by atoms with Crippen LogP contribution in [0.2, 0.25) is 5.02 Å². The summed E-state index contributed by atoms with van der Waals surface area (Å²) < 4.78 is 7.62. The molecule has 5 aromatic carbocycles. The zero-order chi connectivity index (χ0) is 87.9. The van der Waals surface area contributed by atoms with Crippen molar-refractivity contribution < 1.29 is 34.5 Å². The van der Waals surface area contributed by atoms with Crippen molar-refractivity contribution in [1.29, 1.82) is 0 Å². The van der Waals surface area contributed by atoms with Crippen molar-refractivity contribution in [3.63, 3.8) is 0 Å². The van der Waals surface area contributed by atoms with Crippen molar-refractivity contribution in [3.8, 4) is 50.2 Å². The summed E-state index contributed by atoms with van der Waals surface area (Å²) >= 11 is 6.04. The Kier molecular flexibility index (Phi) is 27.8. The molecule has 0 bridgehead atoms. The Morgan fingerprint density at radius 3 is 1.22 bits per heavy atom. The molecule has 622 valence electrons. The second-order valence-corrected chi connectivity index (χ2v) is 30.1. The number of anilines is 4. The molecule has 30 nitrogen and oxygen atoms in total. The molecular weight excluding hydrogens is 1570 g/mol. The molecular formula is C92H90ClN23O7. The highest BCUT2D eigenvalue weighted by atomic mass is 35.5. The van der Waals surface area contributed by atoms with Gasteiger partial charge in [0.1, 0.15) is 65.5 Å². The first-order valence-electron chi connectivity index (χ1n) is 39.4. The van der Waals surface area contributed by atoms with Crippen LogP contribution in [0.1, 0.15) is 78.9 Å². The van der Waals surface area contributed by atoms with Gasteiger partial charge in [0.15, 0.2) is 11.4 Å². The predicted octanol–water partition coefficient (Wildman–Crippen LogP) is 13.9. The van der Waals surface area contributed by atoms with Crippen LogP contribution in [0, 0.1) is 53.0 Å². The van der Waals surface area contributed by atoms with Crippen LogP contribution in [0.15, 0.2) is 176 Å². The van der Waals surface area contributed by atoms with Crippen molar-refractivity contribution in [1.82, 2.24) is 72.8 Å². The third kappa shape index (κ3) is 19.0. The molecule has 0 radical (unpaired) electrons. The van der Waals surface area contributed by atoms with Gasteiger partial charge in [-0.25, -0.2) is 59.3 Å². The van der Waals surface area contributed by atoms with Crippen molar-refractivity contribution in [3.05, 3.63) is 266 Å². The van der Waals surface area contributed by atoms with E-state index in [4.69, 9.17) is 60.8 Å². The molecule has 11 N–H and O–H groups in total. The maximum Gasteiger partial charge on any atom is 0.252 e. The van der Waals surface area contributed by atoms with Gasteiger partial charge in [-0.1, -0.05) is 132 Å². The van der Waals surface area contributed by atoms with E-state index in [1.54, 1.807) is 48.2 Å². The Labute approximate surface area is 715 Å². The number of benzene rings is 5. The number of aliphatic hydroxyl groups excluding tert-OH is 3. The first-order chi connectivity index (χ1) is 59.3. The molecule has 8 aromatic heterocycles. The van der Waals surface area contributed by atoms with Gasteiger partial charge in [-0.3, -0.25) is 14.4 Å². The van der Waals surface area contributed by atoms with Crippen LogP contribution < -0.4 is 22.9 Å². The van der Waals surface area contributed by atoms with Crippen LogP contribution in [0.3, 0.4) is 0 Å². The number of nitrogen functional groups attached to an aromatic ring is 4. The number of aryl methyl sites for hydroxylation is 6. The lowest BCUT2D eigenvalue weighted by atomic mass is 10.00. The lowest BCUT2D eigenvalue weighted by molar-refractivity contribution is -0.132. The number of likely N-dealkylation sites (N-methyl/N-ethyl adjacent to an activating group) is 1. The number of ketones is 1. The fourth-order valence-electron chi connectivity index (χ4n) is 14.5. The lowest BCUT2D eigenvalue weighted by Gasteiger charge is -2.37. The SMILES string of the molecule is [C-]#[N+]/C(=C\c1c(-c2ccc(C)cc2)c2c(N)ncnc2n1CCCO)C(=O)N(C)C.[C-]#[N+]/C(=C\c1c(-c2ccc(C)cc2)c2c(N)ncnc2n1CCCO)C(=O)N1CC(C)C1.[C-]#[N+]/C(=C\c1c(-c2ccc(C)cc2)c2c(N)ncnc2n1CCCO)C(=O)N1CCC1.[C-]#[N+]/C(=C\c1cccc(-n2cc(-c3ccc(Cl)cc3)c3c(N)ncnc32)c1)C(C)=O. The molecule has 2 saturated heterocycles. The number of halogens is 1. The number of nitrogens with two attached hydrogens (primary N) is 4. The summed E-state index contributed by atoms with van der Waals surface area (Å²) in [5, 5.41) is 31.7. The molecule has 10 heterocycles. The first kappa shape index (κ1) is 87.3. The number of carbonyl (C=O) groups is 4. The Morgan fingerprint density at radius 2 is 0.862 bits per heavy atom. The van der Waals surface area contributed by atoms with E-state index in [-0.39, 0.29) is 60.2 Å². The Morgan fingerprint density at radius 1 is 0.488 bits per heavy atom. The summed E-state index contributed by atoms with van der Waals surface area (Å²) in [6.07, 6.45) is 16.4. The topological polar surface area (TPSA) is 383 Å². The third-order valence-corrected chi connectivity index (χ3v) is 21.1. The number of rotatable bonds is 22. The monoisotopic (exact) mass is 1660 g/mol. The zero-order valence-electron chi connectivity index (χ0n) is 68.9. The highest BCUT2D eigenvalue weighted by Crippen LogP contribution is 2.43. The van der Waals surface area contributed by atoms with Gasteiger partial charge in [-0.2, -0.15) is 0 Å². The molecule has 0 spiro atoms. The summed E-state index contributed by atoms with van der Waals surface area (Å²) in [4.78, 5) is 103. The van der Waals surface area contributed by atoms with E-state index < -0.39 is 5.91 Å². The molecule has 0 unspecified atom stereocenters. The van der Waals surface area contributed by atoms with Gasteiger partial charge in [0.05, 0.1) is 47.8 Å². The Balaban J connectivity index is 0.000000150. The number of carbonyl (C=O) groups excluding carboxylic acids is 4. The number of aromatic nitrogens is 12. The van der Waals surface area contributed by atoms with E-state index in [2.05, 4.69) is 66.2 Å². The molecule has 0 atom stereocenters. The number of hydrogen-bond acceptors (Lipinski definition) is 19. The molecule has 123 heavy (non-hydrogen) atoms. The molecule has 0 saturated carbocycles. The Hall–Kier alpha value is -15.1. The van der Waals surface area contributed by atoms with Gasteiger partial charge in [-0.05, 0) is 136 Å². The molecule has 3 amide bonds. The van der Waals surface area contributed by atoms with Crippen molar-refractivity contribution in [2.24, 2.45) is 5.92 Å². The van der Waals surface area contributed by atoms with Crippen molar-refractivity contribution in [2.45, 2.75) is 79.9 Å². The average Bonchev–Trinajstić information content (AvgIpc) is 1.62. The summed E-state index contributed by atoms with van der Waals surface area (Å²) in [6, 6.07) is 38.8. The fourth-order valence-corrected chi connectivity index (χ4v) is 14.6. The summed E-state index contributed by atoms with van der Waals surface area (Å²) in [5.41, 5.74) is 41.3. The standard InChI is InChI=1S/C24H26N6O2.C23H16ClN5O.C23H24N6O2.C22H24N6O2/c1-15-5-7-17(8-6-15)20-19(11-18(26-3)24(32)29-12-16(2)13-29)30(9-4-10-31)23-21(20)22(25)27-14-28-23;1-14(30)20(26-2)11-15-4-3-5-18(10-15)29-12-19(16-6-8-17(24)9-7-16)21-22(25)27-13-28-23(21)29;1-15-5-7-16(8-6-15)19-18(13-17(25-2)23(31)28-9-3-10-28)29(11-4-12-30)22-20(19)21(24)26-14-27-22;1-14-6-8-15(9-7-14)18-17(12-16(24-2)22(30)27(3)4)28(10-5-11-29)21-19(18)20(23)25-13-26-21/h5-8,11,14,16,31H,4,9-10,12-13H2,1-2H3,(H2,25,27,28);3-13H,1H3,(H2,25,27,28);5-8,13-14,30H,3-4,9-12H2,1H3,(H2,24,26,27);6-9,12-13,29H,5,10-11H2,1,3-4H3,(H2,23,25,26)/b18-11-;20-11-;17-13-;16-12-. The molecule has 2 aliphatic heterocycles. The highest BCUT2D eigenvalue weighted by Gasteiger charge is 2.33. The molecule has 0 aliphatic carbocycles. The maximum atomic E-state index is 12.9. The molecule has 2 aliphatic rings. The van der Waals surface area contributed by atoms with Crippen molar-refractivity contribution in [2.75, 3.05) is 83.0 Å². The lowest BCUT2D eigenvalue weighted by Crippen LogP contribution is -2.48. The molecule has 15 rings (SSSR count). The van der Waals surface area contributed by atoms with E-state index in [9.17, 15) is 34.5 Å². The van der Waals surface area contributed by atoms with Gasteiger partial charge in [0.2, 0.25) is 5.70 Å². The minimum absolute atomic E-state index is 0.00350. The maximum absolute atomic E-state index is 12.9. The van der Waals surface area contributed by atoms with E-state index in [0.29, 0.717) is 155 Å². The van der Waals surface area contributed by atoms with Gasteiger partial charge in [0.25, 0.3) is 34.8 Å². The van der Waals surface area contributed by atoms with E-state index in [0.717, 1.165) is 84.3 Å². The average molecular weight is 1670 g/mol. The van der Waals surface area contributed by atoms with Crippen LogP contribution in [-0.2, 0) is 38.8 Å². The van der Waals surface area contributed by atoms with Gasteiger partial charge in [-0.15, -0.1) is 0 Å². The second kappa shape index (κ2) is 39.2. The van der Waals surface area contributed by atoms with Crippen molar-refractivity contribution >= 4 is 127 Å². The van der Waals surface area contributed by atoms with Crippen LogP contribution in [-0.4, -0.2) is 172 Å². The van der Waals surface area contributed by atoms with Gasteiger partial charge in [0, 0.05) is 136 Å². The summed E-state index contributed by atoms with van der Waals surface area (Å²) in [6.45, 7) is 43.5. The second-order valence-electron chi connectivity index (χ2n) is 29.7. The Bertz CT molecular complexity index is 6500. The minimum atomic E-state index is -0.391.